The van der Waals surface area contributed by atoms with Crippen LogP contribution in [0.4, 0.5) is 0 Å². The number of carbonyl (C=O) groups is 1. The Morgan fingerprint density at radius 1 is 1.27 bits per heavy atom. The first kappa shape index (κ1) is 22.1. The highest BCUT2D eigenvalue weighted by atomic mass is 16.5. The summed E-state index contributed by atoms with van der Waals surface area (Å²) >= 11 is 0. The van der Waals surface area contributed by atoms with E-state index in [9.17, 15) is 4.79 Å². The zero-order chi connectivity index (χ0) is 19.6. The van der Waals surface area contributed by atoms with E-state index in [2.05, 4.69) is 30.6 Å². The van der Waals surface area contributed by atoms with Gasteiger partial charge in [0.1, 0.15) is 6.61 Å². The van der Waals surface area contributed by atoms with Gasteiger partial charge in [0.25, 0.3) is 0 Å². The van der Waals surface area contributed by atoms with Crippen molar-refractivity contribution < 1.29 is 14.6 Å². The minimum absolute atomic E-state index is 0.00779. The number of aliphatic hydroxyl groups is 1. The Hall–Kier alpha value is -1.91. The fraction of sp³-hybridized carbons (Fsp3) is 0.500. The maximum Gasteiger partial charge on any atom is 0.311 e. The van der Waals surface area contributed by atoms with Crippen LogP contribution in [-0.4, -0.2) is 30.3 Å². The molecule has 4 heteroatoms. The number of nitrogens with one attached hydrogen (secondary N) is 1. The molecule has 0 amide bonds. The zero-order valence-electron chi connectivity index (χ0n) is 16.3. The Balaban J connectivity index is 3.07. The third-order valence-corrected chi connectivity index (χ3v) is 4.39. The molecule has 0 aliphatic heterocycles. The first-order valence-corrected chi connectivity index (χ1v) is 9.17. The third kappa shape index (κ3) is 6.77. The number of aliphatic hydroxyl groups excluding tert-OH is 1. The van der Waals surface area contributed by atoms with E-state index in [1.807, 2.05) is 45.0 Å². The van der Waals surface area contributed by atoms with Gasteiger partial charge in [0.05, 0.1) is 12.5 Å². The molecule has 3 atom stereocenters. The Bertz CT molecular complexity index is 563. The van der Waals surface area contributed by atoms with Crippen LogP contribution in [0.15, 0.2) is 55.6 Å². The van der Waals surface area contributed by atoms with E-state index in [1.54, 1.807) is 6.08 Å². The lowest BCUT2D eigenvalue weighted by Gasteiger charge is -2.36. The van der Waals surface area contributed by atoms with Gasteiger partial charge in [-0.3, -0.25) is 4.79 Å². The molecule has 0 bridgehead atoms. The molecule has 0 saturated carbocycles. The summed E-state index contributed by atoms with van der Waals surface area (Å²) < 4.78 is 5.24. The predicted octanol–water partition coefficient (Wildman–Crippen LogP) is 4.04. The van der Waals surface area contributed by atoms with Gasteiger partial charge in [0.15, 0.2) is 0 Å². The number of benzene rings is 1. The molecule has 0 fully saturated rings. The first-order chi connectivity index (χ1) is 12.3. The summed E-state index contributed by atoms with van der Waals surface area (Å²) in [6.45, 7) is 13.6. The summed E-state index contributed by atoms with van der Waals surface area (Å²) in [5.41, 5.74) is 0.843. The van der Waals surface area contributed by atoms with Gasteiger partial charge in [-0.2, -0.15) is 0 Å². The summed E-state index contributed by atoms with van der Waals surface area (Å²) in [5, 5.41) is 12.6. The number of rotatable bonds is 11. The molecular formula is C22H33NO3. The number of hydrogen-bond acceptors (Lipinski definition) is 4. The largest absolute Gasteiger partial charge is 0.463 e. The monoisotopic (exact) mass is 359 g/mol. The molecule has 1 rings (SSSR count). The molecule has 0 aliphatic rings. The summed E-state index contributed by atoms with van der Waals surface area (Å²) in [7, 11) is 0. The normalized spacial score (nSPS) is 14.9. The molecule has 1 aromatic rings. The molecule has 0 aromatic heterocycles. The van der Waals surface area contributed by atoms with Crippen LogP contribution < -0.4 is 5.32 Å². The van der Waals surface area contributed by atoms with E-state index in [1.165, 1.54) is 0 Å². The van der Waals surface area contributed by atoms with Gasteiger partial charge in [-0.25, -0.2) is 0 Å². The second-order valence-electron chi connectivity index (χ2n) is 7.49. The molecule has 0 heterocycles. The fourth-order valence-corrected chi connectivity index (χ4v) is 3.12. The SMILES string of the molecule is C=CCCC(NC(C=C)C(C(=O)OCCO)C(C)(C)C)c1ccccc1. The predicted molar refractivity (Wildman–Crippen MR) is 107 cm³/mol. The number of allylic oxidation sites excluding steroid dienone is 1. The van der Waals surface area contributed by atoms with Gasteiger partial charge in [0.2, 0.25) is 0 Å². The van der Waals surface area contributed by atoms with Gasteiger partial charge in [-0.05, 0) is 23.8 Å². The average Bonchev–Trinajstić information content (AvgIpc) is 2.61. The van der Waals surface area contributed by atoms with Gasteiger partial charge in [-0.1, -0.05) is 63.3 Å². The molecule has 26 heavy (non-hydrogen) atoms. The van der Waals surface area contributed by atoms with Gasteiger partial charge in [0, 0.05) is 12.1 Å². The highest BCUT2D eigenvalue weighted by Crippen LogP contribution is 2.32. The highest BCUT2D eigenvalue weighted by Gasteiger charge is 2.38. The standard InChI is InChI=1S/C22H33NO3/c1-6-8-14-19(17-12-10-9-11-13-17)23-18(7-2)20(22(3,4)5)21(25)26-16-15-24/h6-7,9-13,18-20,23-24H,1-2,8,14-16H2,3-5H3. The van der Waals surface area contributed by atoms with Crippen LogP contribution in [0.25, 0.3) is 0 Å². The molecule has 4 nitrogen and oxygen atoms in total. The molecule has 3 unspecified atom stereocenters. The number of esters is 1. The molecule has 144 valence electrons. The number of ether oxygens (including phenoxy) is 1. The minimum atomic E-state index is -0.415. The summed E-state index contributed by atoms with van der Waals surface area (Å²) in [4.78, 5) is 12.6. The van der Waals surface area contributed by atoms with E-state index in [4.69, 9.17) is 9.84 Å². The van der Waals surface area contributed by atoms with Gasteiger partial charge >= 0.3 is 5.97 Å². The minimum Gasteiger partial charge on any atom is -0.463 e. The highest BCUT2D eigenvalue weighted by molar-refractivity contribution is 5.74. The Morgan fingerprint density at radius 2 is 1.92 bits per heavy atom. The second kappa shape index (κ2) is 10.9. The Labute approximate surface area is 158 Å². The smallest absolute Gasteiger partial charge is 0.311 e. The maximum atomic E-state index is 12.6. The summed E-state index contributed by atoms with van der Waals surface area (Å²) in [5.74, 6) is -0.735. The second-order valence-corrected chi connectivity index (χ2v) is 7.49. The lowest BCUT2D eigenvalue weighted by Crippen LogP contribution is -2.47. The zero-order valence-corrected chi connectivity index (χ0v) is 16.3. The molecular weight excluding hydrogens is 326 g/mol. The maximum absolute atomic E-state index is 12.6. The van der Waals surface area contributed by atoms with Crippen LogP contribution >= 0.6 is 0 Å². The van der Waals surface area contributed by atoms with Crippen molar-refractivity contribution in [1.29, 1.82) is 0 Å². The van der Waals surface area contributed by atoms with Crippen LogP contribution in [-0.2, 0) is 9.53 Å². The fourth-order valence-electron chi connectivity index (χ4n) is 3.12. The lowest BCUT2D eigenvalue weighted by atomic mass is 9.75. The molecule has 0 aliphatic carbocycles. The number of carbonyl (C=O) groups excluding carboxylic acids is 1. The molecule has 1 aromatic carbocycles. The van der Waals surface area contributed by atoms with Crippen molar-refractivity contribution in [1.82, 2.24) is 5.32 Å². The van der Waals surface area contributed by atoms with Crippen molar-refractivity contribution in [3.63, 3.8) is 0 Å². The Kier molecular flexibility index (Phi) is 9.31. The number of hydrogen-bond donors (Lipinski definition) is 2. The van der Waals surface area contributed by atoms with Crippen LogP contribution in [0.2, 0.25) is 0 Å². The van der Waals surface area contributed by atoms with E-state index in [-0.39, 0.29) is 36.7 Å². The van der Waals surface area contributed by atoms with E-state index in [0.717, 1.165) is 18.4 Å². The topological polar surface area (TPSA) is 58.6 Å². The molecule has 0 spiro atoms. The quantitative estimate of drug-likeness (QED) is 0.462. The van der Waals surface area contributed by atoms with Crippen molar-refractivity contribution >= 4 is 5.97 Å². The van der Waals surface area contributed by atoms with Gasteiger partial charge < -0.3 is 15.2 Å². The summed E-state index contributed by atoms with van der Waals surface area (Å²) in [6, 6.07) is 10.00. The van der Waals surface area contributed by atoms with E-state index in [0.29, 0.717) is 0 Å². The van der Waals surface area contributed by atoms with Crippen LogP contribution in [0, 0.1) is 11.3 Å². The van der Waals surface area contributed by atoms with Crippen LogP contribution in [0.3, 0.4) is 0 Å². The van der Waals surface area contributed by atoms with Gasteiger partial charge in [-0.15, -0.1) is 13.2 Å². The first-order valence-electron chi connectivity index (χ1n) is 9.17. The molecule has 0 saturated heterocycles. The van der Waals surface area contributed by atoms with Crippen molar-refractivity contribution in [2.75, 3.05) is 13.2 Å². The lowest BCUT2D eigenvalue weighted by molar-refractivity contribution is -0.154. The van der Waals surface area contributed by atoms with Crippen molar-refractivity contribution in [3.8, 4) is 0 Å². The van der Waals surface area contributed by atoms with E-state index >= 15 is 0 Å². The van der Waals surface area contributed by atoms with Crippen molar-refractivity contribution in [3.05, 3.63) is 61.2 Å². The van der Waals surface area contributed by atoms with Crippen molar-refractivity contribution in [2.45, 2.75) is 45.7 Å². The molecule has 0 radical (unpaired) electrons. The summed E-state index contributed by atoms with van der Waals surface area (Å²) in [6.07, 6.45) is 5.42. The van der Waals surface area contributed by atoms with E-state index < -0.39 is 5.92 Å². The molecule has 2 N–H and O–H groups in total. The third-order valence-electron chi connectivity index (χ3n) is 4.39. The van der Waals surface area contributed by atoms with Crippen molar-refractivity contribution in [2.24, 2.45) is 11.3 Å². The Morgan fingerprint density at radius 3 is 2.42 bits per heavy atom. The van der Waals surface area contributed by atoms with Crippen LogP contribution in [0.5, 0.6) is 0 Å². The average molecular weight is 360 g/mol. The van der Waals surface area contributed by atoms with Crippen LogP contribution in [0.1, 0.15) is 45.2 Å².